The molecule has 1 unspecified atom stereocenters. The molecule has 0 bridgehead atoms. The van der Waals surface area contributed by atoms with Crippen LogP contribution >= 0.6 is 28.3 Å². The van der Waals surface area contributed by atoms with E-state index in [0.717, 1.165) is 16.3 Å². The van der Waals surface area contributed by atoms with E-state index in [1.54, 1.807) is 7.05 Å². The summed E-state index contributed by atoms with van der Waals surface area (Å²) in [5.74, 6) is -0.340. The van der Waals surface area contributed by atoms with Crippen LogP contribution in [0.25, 0.3) is 0 Å². The average molecular weight is 400 g/mol. The summed E-state index contributed by atoms with van der Waals surface area (Å²) < 4.78 is 23.1. The molecule has 0 aliphatic rings. The lowest BCUT2D eigenvalue weighted by molar-refractivity contribution is -0.131. The van der Waals surface area contributed by atoms with Crippen LogP contribution < -0.4 is 5.73 Å². The maximum atomic E-state index is 12.1. The van der Waals surface area contributed by atoms with Crippen molar-refractivity contribution in [1.82, 2.24) is 4.90 Å². The van der Waals surface area contributed by atoms with Gasteiger partial charge < -0.3 is 10.6 Å². The van der Waals surface area contributed by atoms with Crippen molar-refractivity contribution >= 4 is 44.1 Å². The van der Waals surface area contributed by atoms with Gasteiger partial charge in [0.2, 0.25) is 5.91 Å². The van der Waals surface area contributed by atoms with Crippen LogP contribution in [0.3, 0.4) is 0 Å². The molecule has 120 valence electrons. The first-order valence-electron chi connectivity index (χ1n) is 6.12. The van der Waals surface area contributed by atoms with Crippen LogP contribution in [0.1, 0.15) is 12.0 Å². The number of carbonyl (C=O) groups excluding carboxylic acids is 1. The van der Waals surface area contributed by atoms with Gasteiger partial charge in [-0.05, 0) is 18.1 Å². The number of sulfone groups is 1. The molecule has 0 aliphatic carbocycles. The van der Waals surface area contributed by atoms with Crippen molar-refractivity contribution in [3.8, 4) is 0 Å². The topological polar surface area (TPSA) is 80.5 Å². The number of carbonyl (C=O) groups is 1. The standard InChI is InChI=1S/C13H19BrN2O3S.ClH/c1-16(9-10-5-3-4-6-11(10)14)13(17)12(15)7-8-20(2,18)19;/h3-6,12H,7-9,15H2,1-2H3;1H. The molecule has 0 aliphatic heterocycles. The van der Waals surface area contributed by atoms with Crippen molar-refractivity contribution < 1.29 is 13.2 Å². The Hall–Kier alpha value is -0.630. The van der Waals surface area contributed by atoms with Gasteiger partial charge in [0.15, 0.2) is 0 Å². The molecule has 0 aromatic heterocycles. The first-order chi connectivity index (χ1) is 9.20. The van der Waals surface area contributed by atoms with Crippen molar-refractivity contribution in [3.05, 3.63) is 34.3 Å². The number of nitrogens with two attached hydrogens (primary N) is 1. The van der Waals surface area contributed by atoms with E-state index in [0.29, 0.717) is 6.54 Å². The SMILES string of the molecule is CN(Cc1ccccc1Br)C(=O)C(N)CCS(C)(=O)=O.Cl. The van der Waals surface area contributed by atoms with E-state index in [1.807, 2.05) is 24.3 Å². The Morgan fingerprint density at radius 3 is 2.48 bits per heavy atom. The molecule has 21 heavy (non-hydrogen) atoms. The number of halogens is 2. The maximum absolute atomic E-state index is 12.1. The van der Waals surface area contributed by atoms with Crippen molar-refractivity contribution in [2.45, 2.75) is 19.0 Å². The minimum Gasteiger partial charge on any atom is -0.340 e. The fourth-order valence-electron chi connectivity index (χ4n) is 1.71. The van der Waals surface area contributed by atoms with Gasteiger partial charge in [-0.3, -0.25) is 4.79 Å². The number of hydrogen-bond donors (Lipinski definition) is 1. The number of hydrogen-bond acceptors (Lipinski definition) is 4. The van der Waals surface area contributed by atoms with Crippen LogP contribution in [-0.4, -0.2) is 44.3 Å². The molecule has 2 N–H and O–H groups in total. The van der Waals surface area contributed by atoms with E-state index in [2.05, 4.69) is 15.9 Å². The number of benzene rings is 1. The monoisotopic (exact) mass is 398 g/mol. The van der Waals surface area contributed by atoms with Crippen LogP contribution in [0.15, 0.2) is 28.7 Å². The number of amides is 1. The van der Waals surface area contributed by atoms with Crippen molar-refractivity contribution in [1.29, 1.82) is 0 Å². The third kappa shape index (κ3) is 7.26. The Morgan fingerprint density at radius 2 is 1.95 bits per heavy atom. The maximum Gasteiger partial charge on any atom is 0.239 e. The van der Waals surface area contributed by atoms with Crippen LogP contribution in [0.5, 0.6) is 0 Å². The summed E-state index contributed by atoms with van der Waals surface area (Å²) in [6, 6.07) is 6.81. The predicted octanol–water partition coefficient (Wildman–Crippen LogP) is 1.59. The zero-order valence-corrected chi connectivity index (χ0v) is 15.2. The summed E-state index contributed by atoms with van der Waals surface area (Å²) in [4.78, 5) is 13.6. The second-order valence-corrected chi connectivity index (χ2v) is 7.92. The summed E-state index contributed by atoms with van der Waals surface area (Å²) in [7, 11) is -1.45. The van der Waals surface area contributed by atoms with Crippen LogP contribution in [0, 0.1) is 0 Å². The van der Waals surface area contributed by atoms with E-state index in [1.165, 1.54) is 4.90 Å². The molecule has 0 radical (unpaired) electrons. The van der Waals surface area contributed by atoms with E-state index in [4.69, 9.17) is 5.73 Å². The fourth-order valence-corrected chi connectivity index (χ4v) is 2.80. The molecule has 0 saturated heterocycles. The molecule has 0 saturated carbocycles. The van der Waals surface area contributed by atoms with Crippen molar-refractivity contribution in [3.63, 3.8) is 0 Å². The Balaban J connectivity index is 0.00000400. The first kappa shape index (κ1) is 20.4. The van der Waals surface area contributed by atoms with Gasteiger partial charge in [0.25, 0.3) is 0 Å². The van der Waals surface area contributed by atoms with Gasteiger partial charge in [-0.15, -0.1) is 12.4 Å². The smallest absolute Gasteiger partial charge is 0.239 e. The molecule has 8 heteroatoms. The molecule has 5 nitrogen and oxygen atoms in total. The summed E-state index contributed by atoms with van der Waals surface area (Å²) in [6.07, 6.45) is 1.27. The Morgan fingerprint density at radius 1 is 1.38 bits per heavy atom. The Labute approximate surface area is 140 Å². The molecular weight excluding hydrogens is 380 g/mol. The Bertz CT molecular complexity index is 581. The van der Waals surface area contributed by atoms with Gasteiger partial charge in [-0.2, -0.15) is 0 Å². The molecule has 0 spiro atoms. The third-order valence-electron chi connectivity index (χ3n) is 2.86. The van der Waals surface area contributed by atoms with Crippen molar-refractivity contribution in [2.24, 2.45) is 5.73 Å². The molecule has 1 aromatic rings. The van der Waals surface area contributed by atoms with Gasteiger partial charge in [-0.1, -0.05) is 34.1 Å². The number of likely N-dealkylation sites (N-methyl/N-ethyl adjacent to an activating group) is 1. The average Bonchev–Trinajstić information content (AvgIpc) is 2.36. The zero-order valence-electron chi connectivity index (χ0n) is 12.0. The lowest BCUT2D eigenvalue weighted by atomic mass is 10.2. The molecule has 1 rings (SSSR count). The first-order valence-corrected chi connectivity index (χ1v) is 8.98. The highest BCUT2D eigenvalue weighted by Gasteiger charge is 2.20. The molecule has 0 fully saturated rings. The summed E-state index contributed by atoms with van der Waals surface area (Å²) in [5.41, 5.74) is 6.72. The minimum absolute atomic E-state index is 0. The predicted molar refractivity (Wildman–Crippen MR) is 90.2 cm³/mol. The van der Waals surface area contributed by atoms with Gasteiger partial charge in [0.1, 0.15) is 9.84 Å². The van der Waals surface area contributed by atoms with Gasteiger partial charge >= 0.3 is 0 Å². The lowest BCUT2D eigenvalue weighted by Crippen LogP contribution is -2.42. The lowest BCUT2D eigenvalue weighted by Gasteiger charge is -2.21. The summed E-state index contributed by atoms with van der Waals surface area (Å²) in [5, 5.41) is 0. The third-order valence-corrected chi connectivity index (χ3v) is 4.61. The minimum atomic E-state index is -3.10. The second-order valence-electron chi connectivity index (χ2n) is 4.81. The van der Waals surface area contributed by atoms with Gasteiger partial charge in [0.05, 0.1) is 11.8 Å². The highest BCUT2D eigenvalue weighted by molar-refractivity contribution is 9.10. The molecule has 1 aromatic carbocycles. The number of nitrogens with zero attached hydrogens (tertiary/aromatic N) is 1. The summed E-state index contributed by atoms with van der Waals surface area (Å²) in [6.45, 7) is 0.423. The second kappa shape index (κ2) is 8.73. The molecule has 0 heterocycles. The molecule has 1 atom stereocenters. The van der Waals surface area contributed by atoms with Crippen LogP contribution in [-0.2, 0) is 21.2 Å². The van der Waals surface area contributed by atoms with Gasteiger partial charge in [0, 0.05) is 24.3 Å². The molecular formula is C13H20BrClN2O3S. The van der Waals surface area contributed by atoms with E-state index in [-0.39, 0.29) is 30.5 Å². The van der Waals surface area contributed by atoms with E-state index < -0.39 is 15.9 Å². The van der Waals surface area contributed by atoms with E-state index in [9.17, 15) is 13.2 Å². The highest BCUT2D eigenvalue weighted by Crippen LogP contribution is 2.17. The van der Waals surface area contributed by atoms with Gasteiger partial charge in [-0.25, -0.2) is 8.42 Å². The van der Waals surface area contributed by atoms with Crippen LogP contribution in [0.4, 0.5) is 0 Å². The quantitative estimate of drug-likeness (QED) is 0.788. The molecule has 1 amide bonds. The number of rotatable bonds is 6. The fraction of sp³-hybridized carbons (Fsp3) is 0.462. The van der Waals surface area contributed by atoms with Crippen LogP contribution in [0.2, 0.25) is 0 Å². The largest absolute Gasteiger partial charge is 0.340 e. The normalized spacial score (nSPS) is 12.4. The summed E-state index contributed by atoms with van der Waals surface area (Å²) >= 11 is 3.42. The highest BCUT2D eigenvalue weighted by atomic mass is 79.9. The van der Waals surface area contributed by atoms with Crippen molar-refractivity contribution in [2.75, 3.05) is 19.1 Å². The Kier molecular flexibility index (Phi) is 8.46. The zero-order chi connectivity index (χ0) is 15.3. The van der Waals surface area contributed by atoms with E-state index >= 15 is 0 Å².